The maximum Gasteiger partial charge on any atom is 0.275 e. The fraction of sp³-hybridized carbons (Fsp3) is 0.0588. The third-order valence-electron chi connectivity index (χ3n) is 3.13. The second-order valence-corrected chi connectivity index (χ2v) is 6.55. The van der Waals surface area contributed by atoms with Crippen LogP contribution in [0.1, 0.15) is 16.1 Å². The van der Waals surface area contributed by atoms with Crippen LogP contribution in [0.15, 0.2) is 58.4 Å². The number of aromatic nitrogens is 1. The highest BCUT2D eigenvalue weighted by molar-refractivity contribution is 9.10. The molecule has 1 amide bonds. The van der Waals surface area contributed by atoms with E-state index < -0.39 is 0 Å². The Morgan fingerprint density at radius 1 is 1.18 bits per heavy atom. The van der Waals surface area contributed by atoms with Gasteiger partial charge in [-0.05, 0) is 40.5 Å². The maximum absolute atomic E-state index is 12.3. The lowest BCUT2D eigenvalue weighted by Crippen LogP contribution is -2.12. The smallest absolute Gasteiger partial charge is 0.275 e. The van der Waals surface area contributed by atoms with Crippen LogP contribution >= 0.6 is 27.3 Å². The average Bonchev–Trinajstić information content (AvgIpc) is 3.01. The Kier molecular flexibility index (Phi) is 4.36. The molecule has 0 bridgehead atoms. The van der Waals surface area contributed by atoms with E-state index in [0.717, 1.165) is 26.3 Å². The summed E-state index contributed by atoms with van der Waals surface area (Å²) in [5.41, 5.74) is 3.31. The second kappa shape index (κ2) is 6.42. The zero-order valence-corrected chi connectivity index (χ0v) is 14.2. The van der Waals surface area contributed by atoms with E-state index in [1.807, 2.05) is 55.5 Å². The van der Waals surface area contributed by atoms with Crippen molar-refractivity contribution >= 4 is 38.9 Å². The molecule has 1 aromatic heterocycles. The van der Waals surface area contributed by atoms with Crippen LogP contribution in [0.3, 0.4) is 0 Å². The van der Waals surface area contributed by atoms with Crippen LogP contribution in [0, 0.1) is 6.92 Å². The molecule has 110 valence electrons. The van der Waals surface area contributed by atoms with E-state index in [2.05, 4.69) is 26.2 Å². The van der Waals surface area contributed by atoms with Crippen molar-refractivity contribution in [3.05, 3.63) is 69.6 Å². The Bertz CT molecular complexity index is 815. The predicted molar refractivity (Wildman–Crippen MR) is 94.4 cm³/mol. The van der Waals surface area contributed by atoms with E-state index in [-0.39, 0.29) is 5.91 Å². The summed E-state index contributed by atoms with van der Waals surface area (Å²) in [6.45, 7) is 2.00. The number of halogens is 1. The minimum Gasteiger partial charge on any atom is -0.320 e. The van der Waals surface area contributed by atoms with Gasteiger partial charge < -0.3 is 5.32 Å². The molecule has 1 N–H and O–H groups in total. The van der Waals surface area contributed by atoms with Crippen molar-refractivity contribution in [2.75, 3.05) is 5.32 Å². The van der Waals surface area contributed by atoms with Gasteiger partial charge in [-0.3, -0.25) is 4.79 Å². The first kappa shape index (κ1) is 14.9. The van der Waals surface area contributed by atoms with Gasteiger partial charge in [0.2, 0.25) is 0 Å². The molecule has 0 aliphatic rings. The molecular weight excluding hydrogens is 360 g/mol. The van der Waals surface area contributed by atoms with E-state index in [9.17, 15) is 4.79 Å². The summed E-state index contributed by atoms with van der Waals surface area (Å²) in [5, 5.41) is 5.50. The van der Waals surface area contributed by atoms with Gasteiger partial charge >= 0.3 is 0 Å². The summed E-state index contributed by atoms with van der Waals surface area (Å²) < 4.78 is 0.861. The van der Waals surface area contributed by atoms with E-state index in [4.69, 9.17) is 0 Å². The third-order valence-corrected chi connectivity index (χ3v) is 4.68. The van der Waals surface area contributed by atoms with Crippen LogP contribution in [0.5, 0.6) is 0 Å². The molecular formula is C17H13BrN2OS. The van der Waals surface area contributed by atoms with Crippen molar-refractivity contribution < 1.29 is 4.79 Å². The summed E-state index contributed by atoms with van der Waals surface area (Å²) >= 11 is 4.92. The zero-order chi connectivity index (χ0) is 15.5. The molecule has 3 nitrogen and oxygen atoms in total. The number of rotatable bonds is 3. The van der Waals surface area contributed by atoms with Gasteiger partial charge in [-0.2, -0.15) is 0 Å². The average molecular weight is 373 g/mol. The quantitative estimate of drug-likeness (QED) is 0.691. The summed E-state index contributed by atoms with van der Waals surface area (Å²) in [6.07, 6.45) is 0. The third kappa shape index (κ3) is 3.26. The molecule has 22 heavy (non-hydrogen) atoms. The van der Waals surface area contributed by atoms with E-state index in [1.54, 1.807) is 5.38 Å². The highest BCUT2D eigenvalue weighted by atomic mass is 79.9. The molecule has 0 aliphatic carbocycles. The molecule has 0 atom stereocenters. The second-order valence-electron chi connectivity index (χ2n) is 4.84. The minimum absolute atomic E-state index is 0.206. The number of nitrogens with one attached hydrogen (secondary N) is 1. The Morgan fingerprint density at radius 3 is 2.68 bits per heavy atom. The van der Waals surface area contributed by atoms with Gasteiger partial charge in [-0.1, -0.05) is 36.4 Å². The number of hydrogen-bond donors (Lipinski definition) is 1. The van der Waals surface area contributed by atoms with Gasteiger partial charge in [0, 0.05) is 15.4 Å². The van der Waals surface area contributed by atoms with Crippen molar-refractivity contribution in [3.63, 3.8) is 0 Å². The van der Waals surface area contributed by atoms with Crippen LogP contribution in [-0.4, -0.2) is 10.9 Å². The molecule has 5 heteroatoms. The SMILES string of the molecule is Cc1ccc(NC(=O)c2csc(-c3ccccc3)n2)c(Br)c1. The number of anilines is 1. The fourth-order valence-electron chi connectivity index (χ4n) is 2.00. The summed E-state index contributed by atoms with van der Waals surface area (Å²) in [6, 6.07) is 15.6. The number of nitrogens with zero attached hydrogens (tertiary/aromatic N) is 1. The summed E-state index contributed by atoms with van der Waals surface area (Å²) in [5.74, 6) is -0.206. The topological polar surface area (TPSA) is 42.0 Å². The number of amides is 1. The van der Waals surface area contributed by atoms with Crippen molar-refractivity contribution in [2.24, 2.45) is 0 Å². The molecule has 0 fully saturated rings. The van der Waals surface area contributed by atoms with Crippen LogP contribution < -0.4 is 5.32 Å². The predicted octanol–water partition coefficient (Wildman–Crippen LogP) is 5.13. The minimum atomic E-state index is -0.206. The monoisotopic (exact) mass is 372 g/mol. The Labute approximate surface area is 141 Å². The number of hydrogen-bond acceptors (Lipinski definition) is 3. The van der Waals surface area contributed by atoms with Gasteiger partial charge in [0.25, 0.3) is 5.91 Å². The summed E-state index contributed by atoms with van der Waals surface area (Å²) in [4.78, 5) is 16.7. The molecule has 2 aromatic carbocycles. The zero-order valence-electron chi connectivity index (χ0n) is 11.8. The number of thiazole rings is 1. The molecule has 1 heterocycles. The largest absolute Gasteiger partial charge is 0.320 e. The van der Waals surface area contributed by atoms with E-state index in [1.165, 1.54) is 11.3 Å². The summed E-state index contributed by atoms with van der Waals surface area (Å²) in [7, 11) is 0. The van der Waals surface area contributed by atoms with Crippen molar-refractivity contribution in [3.8, 4) is 10.6 Å². The molecule has 0 spiro atoms. The van der Waals surface area contributed by atoms with Gasteiger partial charge in [-0.15, -0.1) is 11.3 Å². The Balaban J connectivity index is 1.80. The van der Waals surface area contributed by atoms with Crippen LogP contribution in [0.2, 0.25) is 0 Å². The first-order chi connectivity index (χ1) is 10.6. The number of carbonyl (C=O) groups is 1. The molecule has 0 saturated heterocycles. The first-order valence-electron chi connectivity index (χ1n) is 6.72. The fourth-order valence-corrected chi connectivity index (χ4v) is 3.40. The molecule has 0 unspecified atom stereocenters. The highest BCUT2D eigenvalue weighted by Crippen LogP contribution is 2.26. The molecule has 0 aliphatic heterocycles. The van der Waals surface area contributed by atoms with E-state index in [0.29, 0.717) is 5.69 Å². The van der Waals surface area contributed by atoms with Gasteiger partial charge in [-0.25, -0.2) is 4.98 Å². The van der Waals surface area contributed by atoms with Gasteiger partial charge in [0.05, 0.1) is 5.69 Å². The molecule has 0 saturated carbocycles. The van der Waals surface area contributed by atoms with Crippen molar-refractivity contribution in [1.82, 2.24) is 4.98 Å². The molecule has 0 radical (unpaired) electrons. The Hall–Kier alpha value is -1.98. The normalized spacial score (nSPS) is 10.5. The van der Waals surface area contributed by atoms with Crippen LogP contribution in [0.4, 0.5) is 5.69 Å². The first-order valence-corrected chi connectivity index (χ1v) is 8.39. The maximum atomic E-state index is 12.3. The standard InChI is InChI=1S/C17H13BrN2OS/c1-11-7-8-14(13(18)9-11)19-16(21)15-10-22-17(20-15)12-5-3-2-4-6-12/h2-10H,1H3,(H,19,21). The van der Waals surface area contributed by atoms with Crippen molar-refractivity contribution in [1.29, 1.82) is 0 Å². The molecule has 3 rings (SSSR count). The number of carbonyl (C=O) groups excluding carboxylic acids is 1. The van der Waals surface area contributed by atoms with E-state index >= 15 is 0 Å². The van der Waals surface area contributed by atoms with Crippen LogP contribution in [-0.2, 0) is 0 Å². The van der Waals surface area contributed by atoms with Crippen molar-refractivity contribution in [2.45, 2.75) is 6.92 Å². The molecule has 3 aromatic rings. The highest BCUT2D eigenvalue weighted by Gasteiger charge is 2.13. The number of aryl methyl sites for hydroxylation is 1. The van der Waals surface area contributed by atoms with Gasteiger partial charge in [0.1, 0.15) is 10.7 Å². The van der Waals surface area contributed by atoms with Crippen LogP contribution in [0.25, 0.3) is 10.6 Å². The Morgan fingerprint density at radius 2 is 1.95 bits per heavy atom. The lowest BCUT2D eigenvalue weighted by molar-refractivity contribution is 0.102. The van der Waals surface area contributed by atoms with Gasteiger partial charge in [0.15, 0.2) is 0 Å². The lowest BCUT2D eigenvalue weighted by Gasteiger charge is -2.06. The number of benzene rings is 2. The lowest BCUT2D eigenvalue weighted by atomic mass is 10.2.